The van der Waals surface area contributed by atoms with Crippen molar-refractivity contribution in [3.63, 3.8) is 0 Å². The van der Waals surface area contributed by atoms with Gasteiger partial charge in [-0.2, -0.15) is 10.2 Å². The topological polar surface area (TPSA) is 111 Å². The van der Waals surface area contributed by atoms with E-state index in [0.29, 0.717) is 18.9 Å². The summed E-state index contributed by atoms with van der Waals surface area (Å²) in [7, 11) is 0. The van der Waals surface area contributed by atoms with Crippen LogP contribution in [0, 0.1) is 26.7 Å². The highest BCUT2D eigenvalue weighted by atomic mass is 16.2. The molecule has 1 N–H and O–H groups in total. The molecule has 1 saturated heterocycles. The summed E-state index contributed by atoms with van der Waals surface area (Å²) in [5.41, 5.74) is 2.47. The number of nitrogens with one attached hydrogen (secondary N) is 1. The second kappa shape index (κ2) is 9.29. The third-order valence-electron chi connectivity index (χ3n) is 5.60. The molecule has 1 amide bonds. The van der Waals surface area contributed by atoms with Crippen LogP contribution in [0.5, 0.6) is 0 Å². The Bertz CT molecular complexity index is 1150. The second-order valence-corrected chi connectivity index (χ2v) is 8.20. The molecule has 0 spiro atoms. The van der Waals surface area contributed by atoms with Gasteiger partial charge >= 0.3 is 0 Å². The summed E-state index contributed by atoms with van der Waals surface area (Å²) in [5.74, 6) is 1.23. The van der Waals surface area contributed by atoms with Crippen molar-refractivity contribution in [1.29, 1.82) is 0 Å². The monoisotopic (exact) mass is 436 g/mol. The number of aryl methyl sites for hydroxylation is 3. The third kappa shape index (κ3) is 4.84. The average Bonchev–Trinajstić information content (AvgIpc) is 3.13. The fourth-order valence-corrected chi connectivity index (χ4v) is 3.96. The van der Waals surface area contributed by atoms with Crippen molar-refractivity contribution in [3.8, 4) is 5.82 Å². The Morgan fingerprint density at radius 3 is 2.59 bits per heavy atom. The predicted octanol–water partition coefficient (Wildman–Crippen LogP) is 1.18. The molecule has 1 aliphatic rings. The Morgan fingerprint density at radius 1 is 1.06 bits per heavy atom. The van der Waals surface area contributed by atoms with Crippen molar-refractivity contribution in [2.75, 3.05) is 24.5 Å². The van der Waals surface area contributed by atoms with Crippen molar-refractivity contribution in [1.82, 2.24) is 35.1 Å². The standard InChI is InChI=1S/C22H28N8O2/c1-15-6-7-19(25-24-15)28-11-4-5-18(14-28)22(32)23-10-12-29-21(31)9-8-20(27-29)30-17(3)13-16(2)26-30/h6-9,13,18H,4-5,10-12,14H2,1-3H3,(H,23,32). The fourth-order valence-electron chi connectivity index (χ4n) is 3.96. The number of amides is 1. The van der Waals surface area contributed by atoms with Gasteiger partial charge < -0.3 is 10.2 Å². The van der Waals surface area contributed by atoms with E-state index in [1.807, 2.05) is 39.0 Å². The molecule has 1 unspecified atom stereocenters. The molecule has 4 heterocycles. The van der Waals surface area contributed by atoms with Crippen molar-refractivity contribution in [2.24, 2.45) is 5.92 Å². The van der Waals surface area contributed by atoms with Gasteiger partial charge in [-0.3, -0.25) is 9.59 Å². The van der Waals surface area contributed by atoms with Gasteiger partial charge in [0.1, 0.15) is 0 Å². The zero-order valence-electron chi connectivity index (χ0n) is 18.7. The van der Waals surface area contributed by atoms with Crippen LogP contribution in [0.25, 0.3) is 5.82 Å². The third-order valence-corrected chi connectivity index (χ3v) is 5.60. The molecule has 3 aromatic heterocycles. The highest BCUT2D eigenvalue weighted by Crippen LogP contribution is 2.21. The van der Waals surface area contributed by atoms with Gasteiger partial charge in [0.05, 0.1) is 23.9 Å². The van der Waals surface area contributed by atoms with E-state index in [2.05, 4.69) is 30.6 Å². The Morgan fingerprint density at radius 2 is 1.88 bits per heavy atom. The van der Waals surface area contributed by atoms with Gasteiger partial charge in [-0.1, -0.05) is 0 Å². The number of carbonyl (C=O) groups excluding carboxylic acids is 1. The molecule has 0 bridgehead atoms. The Balaban J connectivity index is 1.35. The van der Waals surface area contributed by atoms with Crippen molar-refractivity contribution >= 4 is 11.7 Å². The van der Waals surface area contributed by atoms with Crippen LogP contribution in [0.3, 0.4) is 0 Å². The lowest BCUT2D eigenvalue weighted by atomic mass is 9.97. The number of rotatable bonds is 6. The minimum atomic E-state index is -0.216. The Labute approximate surface area is 186 Å². The molecular weight excluding hydrogens is 408 g/mol. The van der Waals surface area contributed by atoms with E-state index in [-0.39, 0.29) is 23.9 Å². The Kier molecular flexibility index (Phi) is 6.29. The fraction of sp³-hybridized carbons (Fsp3) is 0.455. The molecule has 1 aliphatic heterocycles. The van der Waals surface area contributed by atoms with Crippen LogP contribution in [-0.2, 0) is 11.3 Å². The molecule has 4 rings (SSSR count). The van der Waals surface area contributed by atoms with Crippen LogP contribution in [0.15, 0.2) is 35.1 Å². The largest absolute Gasteiger partial charge is 0.354 e. The van der Waals surface area contributed by atoms with E-state index in [4.69, 9.17) is 0 Å². The molecule has 10 heteroatoms. The molecule has 1 fully saturated rings. The van der Waals surface area contributed by atoms with Gasteiger partial charge in [0.15, 0.2) is 11.6 Å². The maximum Gasteiger partial charge on any atom is 0.266 e. The number of nitrogens with zero attached hydrogens (tertiary/aromatic N) is 7. The molecule has 32 heavy (non-hydrogen) atoms. The van der Waals surface area contributed by atoms with Gasteiger partial charge in [0.2, 0.25) is 5.91 Å². The number of anilines is 1. The number of piperidine rings is 1. The van der Waals surface area contributed by atoms with Gasteiger partial charge in [-0.25, -0.2) is 9.36 Å². The van der Waals surface area contributed by atoms with E-state index >= 15 is 0 Å². The summed E-state index contributed by atoms with van der Waals surface area (Å²) in [5, 5.41) is 20.1. The normalized spacial score (nSPS) is 16.2. The first kappa shape index (κ1) is 21.7. The minimum Gasteiger partial charge on any atom is -0.354 e. The first-order valence-electron chi connectivity index (χ1n) is 10.9. The van der Waals surface area contributed by atoms with E-state index in [1.54, 1.807) is 10.7 Å². The zero-order chi connectivity index (χ0) is 22.7. The van der Waals surface area contributed by atoms with Crippen LogP contribution in [0.2, 0.25) is 0 Å². The molecule has 0 saturated carbocycles. The maximum absolute atomic E-state index is 12.7. The maximum atomic E-state index is 12.7. The molecule has 0 radical (unpaired) electrons. The van der Waals surface area contributed by atoms with E-state index in [1.165, 1.54) is 10.7 Å². The lowest BCUT2D eigenvalue weighted by Gasteiger charge is -2.32. The van der Waals surface area contributed by atoms with Crippen LogP contribution < -0.4 is 15.8 Å². The first-order valence-corrected chi connectivity index (χ1v) is 10.9. The summed E-state index contributed by atoms with van der Waals surface area (Å²) in [6.45, 7) is 7.83. The number of hydrogen-bond acceptors (Lipinski definition) is 7. The summed E-state index contributed by atoms with van der Waals surface area (Å²) in [4.78, 5) is 27.1. The molecule has 1 atom stereocenters. The highest BCUT2D eigenvalue weighted by molar-refractivity contribution is 5.79. The SMILES string of the molecule is Cc1ccc(N2CCCC(C(=O)NCCn3nc(-n4nc(C)cc4C)ccc3=O)C2)nn1. The quantitative estimate of drug-likeness (QED) is 0.618. The first-order chi connectivity index (χ1) is 15.4. The molecule has 0 aliphatic carbocycles. The zero-order valence-corrected chi connectivity index (χ0v) is 18.7. The van der Waals surface area contributed by atoms with Crippen molar-refractivity contribution in [3.05, 3.63) is 57.8 Å². The number of hydrogen-bond donors (Lipinski definition) is 1. The Hall–Kier alpha value is -3.56. The van der Waals surface area contributed by atoms with Crippen LogP contribution in [0.1, 0.15) is 29.9 Å². The molecule has 0 aromatic carbocycles. The average molecular weight is 437 g/mol. The van der Waals surface area contributed by atoms with Crippen molar-refractivity contribution in [2.45, 2.75) is 40.2 Å². The minimum absolute atomic E-state index is 0.0162. The van der Waals surface area contributed by atoms with Crippen LogP contribution >= 0.6 is 0 Å². The molecule has 3 aromatic rings. The van der Waals surface area contributed by atoms with E-state index in [9.17, 15) is 9.59 Å². The summed E-state index contributed by atoms with van der Waals surface area (Å²) < 4.78 is 3.07. The highest BCUT2D eigenvalue weighted by Gasteiger charge is 2.26. The van der Waals surface area contributed by atoms with Crippen molar-refractivity contribution < 1.29 is 4.79 Å². The van der Waals surface area contributed by atoms with Gasteiger partial charge in [0, 0.05) is 31.4 Å². The van der Waals surface area contributed by atoms with E-state index < -0.39 is 0 Å². The lowest BCUT2D eigenvalue weighted by molar-refractivity contribution is -0.125. The summed E-state index contributed by atoms with van der Waals surface area (Å²) >= 11 is 0. The van der Waals surface area contributed by atoms with Gasteiger partial charge in [-0.05, 0) is 57.9 Å². The predicted molar refractivity (Wildman–Crippen MR) is 120 cm³/mol. The van der Waals surface area contributed by atoms with Crippen LogP contribution in [0.4, 0.5) is 5.82 Å². The smallest absolute Gasteiger partial charge is 0.266 e. The summed E-state index contributed by atoms with van der Waals surface area (Å²) in [6.07, 6.45) is 1.74. The summed E-state index contributed by atoms with van der Waals surface area (Å²) in [6, 6.07) is 8.95. The number of carbonyl (C=O) groups is 1. The molecule has 10 nitrogen and oxygen atoms in total. The second-order valence-electron chi connectivity index (χ2n) is 8.20. The van der Waals surface area contributed by atoms with Gasteiger partial charge in [-0.15, -0.1) is 10.2 Å². The van der Waals surface area contributed by atoms with Gasteiger partial charge in [0.25, 0.3) is 5.56 Å². The van der Waals surface area contributed by atoms with Crippen LogP contribution in [-0.4, -0.2) is 55.3 Å². The lowest BCUT2D eigenvalue weighted by Crippen LogP contribution is -2.44. The van der Waals surface area contributed by atoms with E-state index in [0.717, 1.165) is 42.3 Å². The molecular formula is C22H28N8O2. The number of aromatic nitrogens is 6. The molecule has 168 valence electrons.